The number of nitrogens with one attached hydrogen (secondary N) is 1. The number of hydroxylamine groups is 1. The normalized spacial score (nSPS) is 17.2. The van der Waals surface area contributed by atoms with E-state index in [1.165, 1.54) is 6.07 Å². The van der Waals surface area contributed by atoms with Crippen molar-refractivity contribution in [1.82, 2.24) is 10.4 Å². The lowest BCUT2D eigenvalue weighted by atomic mass is 10.2. The highest BCUT2D eigenvalue weighted by Crippen LogP contribution is 2.11. The van der Waals surface area contributed by atoms with E-state index in [-0.39, 0.29) is 6.61 Å². The summed E-state index contributed by atoms with van der Waals surface area (Å²) >= 11 is 0. The SMILES string of the molecule is O=C(NOCC(O)CN1CCOCC1)c1cccc(F)c1F. The standard InChI is InChI=1S/C14H18F2N2O4/c15-12-3-1-2-11(13(12)16)14(20)17-22-9-10(19)8-18-4-6-21-7-5-18/h1-3,10,19H,4-9H2,(H,17,20). The van der Waals surface area contributed by atoms with Gasteiger partial charge in [0.25, 0.3) is 5.91 Å². The number of benzene rings is 1. The lowest BCUT2D eigenvalue weighted by molar-refractivity contribution is -0.0364. The summed E-state index contributed by atoms with van der Waals surface area (Å²) in [6, 6.07) is 3.28. The van der Waals surface area contributed by atoms with Crippen molar-refractivity contribution in [1.29, 1.82) is 0 Å². The molecule has 1 unspecified atom stereocenters. The van der Waals surface area contributed by atoms with Crippen LogP contribution in [0, 0.1) is 11.6 Å². The molecule has 6 nitrogen and oxygen atoms in total. The highest BCUT2D eigenvalue weighted by atomic mass is 19.2. The second-order valence-corrected chi connectivity index (χ2v) is 4.91. The molecule has 0 bridgehead atoms. The van der Waals surface area contributed by atoms with Gasteiger partial charge >= 0.3 is 0 Å². The van der Waals surface area contributed by atoms with Crippen molar-refractivity contribution >= 4 is 5.91 Å². The molecule has 0 aliphatic carbocycles. The minimum absolute atomic E-state index is 0.153. The van der Waals surface area contributed by atoms with Crippen LogP contribution in [-0.4, -0.2) is 61.5 Å². The van der Waals surface area contributed by atoms with E-state index in [9.17, 15) is 18.7 Å². The van der Waals surface area contributed by atoms with Crippen molar-refractivity contribution in [2.24, 2.45) is 0 Å². The van der Waals surface area contributed by atoms with Crippen LogP contribution in [0.3, 0.4) is 0 Å². The van der Waals surface area contributed by atoms with E-state index in [2.05, 4.69) is 0 Å². The van der Waals surface area contributed by atoms with Crippen LogP contribution in [0.5, 0.6) is 0 Å². The Balaban J connectivity index is 1.73. The third-order valence-corrected chi connectivity index (χ3v) is 3.21. The van der Waals surface area contributed by atoms with Crippen molar-refractivity contribution in [3.63, 3.8) is 0 Å². The quantitative estimate of drug-likeness (QED) is 0.740. The van der Waals surface area contributed by atoms with Crippen LogP contribution < -0.4 is 5.48 Å². The largest absolute Gasteiger partial charge is 0.389 e. The van der Waals surface area contributed by atoms with Crippen molar-refractivity contribution in [2.45, 2.75) is 6.10 Å². The van der Waals surface area contributed by atoms with E-state index in [4.69, 9.17) is 9.57 Å². The topological polar surface area (TPSA) is 71.0 Å². The van der Waals surface area contributed by atoms with E-state index >= 15 is 0 Å². The van der Waals surface area contributed by atoms with E-state index in [1.807, 2.05) is 10.4 Å². The molecule has 1 heterocycles. The lowest BCUT2D eigenvalue weighted by Crippen LogP contribution is -2.42. The number of carbonyl (C=O) groups excluding carboxylic acids is 1. The molecule has 22 heavy (non-hydrogen) atoms. The van der Waals surface area contributed by atoms with Gasteiger partial charge in [0.15, 0.2) is 11.6 Å². The Bertz CT molecular complexity index is 510. The third kappa shape index (κ3) is 4.70. The van der Waals surface area contributed by atoms with Crippen LogP contribution in [0.15, 0.2) is 18.2 Å². The van der Waals surface area contributed by atoms with Gasteiger partial charge in [0.05, 0.1) is 24.9 Å². The number of hydrogen-bond donors (Lipinski definition) is 2. The fourth-order valence-electron chi connectivity index (χ4n) is 2.07. The van der Waals surface area contributed by atoms with Gasteiger partial charge in [0.2, 0.25) is 0 Å². The molecule has 1 aliphatic heterocycles. The van der Waals surface area contributed by atoms with Crippen LogP contribution in [0.4, 0.5) is 8.78 Å². The summed E-state index contributed by atoms with van der Waals surface area (Å²) in [6.07, 6.45) is -0.809. The number of aliphatic hydroxyl groups excluding tert-OH is 1. The Hall–Kier alpha value is -1.61. The van der Waals surface area contributed by atoms with Crippen molar-refractivity contribution < 1.29 is 28.3 Å². The van der Waals surface area contributed by atoms with Gasteiger partial charge in [0, 0.05) is 19.6 Å². The molecule has 1 amide bonds. The summed E-state index contributed by atoms with van der Waals surface area (Å²) in [7, 11) is 0. The van der Waals surface area contributed by atoms with Gasteiger partial charge in [0.1, 0.15) is 6.61 Å². The molecule has 1 aliphatic rings. The number of amides is 1. The summed E-state index contributed by atoms with van der Waals surface area (Å²) in [5.41, 5.74) is 1.53. The van der Waals surface area contributed by atoms with E-state index in [0.717, 1.165) is 25.2 Å². The summed E-state index contributed by atoms with van der Waals surface area (Å²) in [6.45, 7) is 2.90. The zero-order chi connectivity index (χ0) is 15.9. The lowest BCUT2D eigenvalue weighted by Gasteiger charge is -2.28. The van der Waals surface area contributed by atoms with E-state index < -0.39 is 29.2 Å². The van der Waals surface area contributed by atoms with Crippen LogP contribution >= 0.6 is 0 Å². The summed E-state index contributed by atoms with van der Waals surface area (Å²) in [5, 5.41) is 9.79. The Morgan fingerprint density at radius 2 is 2.14 bits per heavy atom. The van der Waals surface area contributed by atoms with Gasteiger partial charge < -0.3 is 9.84 Å². The fourth-order valence-corrected chi connectivity index (χ4v) is 2.07. The molecule has 0 saturated carbocycles. The first-order valence-corrected chi connectivity index (χ1v) is 6.92. The minimum Gasteiger partial charge on any atom is -0.389 e. The number of ether oxygens (including phenoxy) is 1. The molecule has 0 spiro atoms. The Labute approximate surface area is 126 Å². The maximum Gasteiger partial charge on any atom is 0.277 e. The number of β-amino-alcohol motifs (C(OH)–C–C–N with tert-alkyl or cyclic N) is 1. The van der Waals surface area contributed by atoms with Crippen molar-refractivity contribution in [3.8, 4) is 0 Å². The maximum absolute atomic E-state index is 13.4. The molecule has 1 aromatic rings. The predicted molar refractivity (Wildman–Crippen MR) is 73.0 cm³/mol. The van der Waals surface area contributed by atoms with Gasteiger partial charge in [-0.3, -0.25) is 14.5 Å². The molecule has 1 saturated heterocycles. The molecule has 2 N–H and O–H groups in total. The zero-order valence-electron chi connectivity index (χ0n) is 11.9. The van der Waals surface area contributed by atoms with Gasteiger partial charge in [-0.05, 0) is 12.1 Å². The Kier molecular flexibility index (Phi) is 6.20. The predicted octanol–water partition coefficient (Wildman–Crippen LogP) is 0.319. The second-order valence-electron chi connectivity index (χ2n) is 4.91. The Morgan fingerprint density at radius 3 is 2.86 bits per heavy atom. The first kappa shape index (κ1) is 16.8. The van der Waals surface area contributed by atoms with E-state index in [1.54, 1.807) is 0 Å². The summed E-state index contributed by atoms with van der Waals surface area (Å²) in [4.78, 5) is 18.5. The monoisotopic (exact) mass is 316 g/mol. The molecule has 0 radical (unpaired) electrons. The molecule has 122 valence electrons. The molecular weight excluding hydrogens is 298 g/mol. The number of carbonyl (C=O) groups is 1. The van der Waals surface area contributed by atoms with Gasteiger partial charge in [-0.15, -0.1) is 0 Å². The van der Waals surface area contributed by atoms with Crippen LogP contribution in [-0.2, 0) is 9.57 Å². The van der Waals surface area contributed by atoms with Crippen LogP contribution in [0.2, 0.25) is 0 Å². The van der Waals surface area contributed by atoms with Gasteiger partial charge in [-0.1, -0.05) is 6.07 Å². The molecule has 1 fully saturated rings. The molecule has 2 rings (SSSR count). The van der Waals surface area contributed by atoms with Crippen molar-refractivity contribution in [3.05, 3.63) is 35.4 Å². The number of rotatable bonds is 6. The number of aliphatic hydroxyl groups is 1. The summed E-state index contributed by atoms with van der Waals surface area (Å²) < 4.78 is 31.6. The number of morpholine rings is 1. The first-order valence-electron chi connectivity index (χ1n) is 6.92. The number of halogens is 2. The van der Waals surface area contributed by atoms with Crippen molar-refractivity contribution in [2.75, 3.05) is 39.5 Å². The number of nitrogens with zero attached hydrogens (tertiary/aromatic N) is 1. The van der Waals surface area contributed by atoms with Gasteiger partial charge in [-0.25, -0.2) is 14.3 Å². The van der Waals surface area contributed by atoms with E-state index in [0.29, 0.717) is 19.8 Å². The highest BCUT2D eigenvalue weighted by Gasteiger charge is 2.17. The molecule has 0 aromatic heterocycles. The highest BCUT2D eigenvalue weighted by molar-refractivity contribution is 5.93. The first-order chi connectivity index (χ1) is 10.6. The fraction of sp³-hybridized carbons (Fsp3) is 0.500. The molecule has 1 atom stereocenters. The zero-order valence-corrected chi connectivity index (χ0v) is 11.9. The Morgan fingerprint density at radius 1 is 1.41 bits per heavy atom. The van der Waals surface area contributed by atoms with Crippen LogP contribution in [0.25, 0.3) is 0 Å². The molecule has 8 heteroatoms. The third-order valence-electron chi connectivity index (χ3n) is 3.21. The average molecular weight is 316 g/mol. The average Bonchev–Trinajstić information content (AvgIpc) is 2.51. The maximum atomic E-state index is 13.4. The summed E-state index contributed by atoms with van der Waals surface area (Å²) in [5.74, 6) is -3.26. The second kappa shape index (κ2) is 8.14. The minimum atomic E-state index is -1.24. The molecular formula is C14H18F2N2O4. The smallest absolute Gasteiger partial charge is 0.277 e. The van der Waals surface area contributed by atoms with Gasteiger partial charge in [-0.2, -0.15) is 0 Å². The number of hydrogen-bond acceptors (Lipinski definition) is 5. The van der Waals surface area contributed by atoms with Crippen LogP contribution in [0.1, 0.15) is 10.4 Å². The molecule has 1 aromatic carbocycles.